The van der Waals surface area contributed by atoms with Crippen LogP contribution in [0.2, 0.25) is 5.02 Å². The Bertz CT molecular complexity index is 1250. The van der Waals surface area contributed by atoms with Crippen LogP contribution in [-0.4, -0.2) is 59.9 Å². The molecule has 15 heteroatoms. The smallest absolute Gasteiger partial charge is 0.294 e. The molecule has 168 valence electrons. The number of amides is 1. The van der Waals surface area contributed by atoms with E-state index in [1.165, 1.54) is 22.7 Å². The Hall–Kier alpha value is -3.07. The lowest BCUT2D eigenvalue weighted by Crippen LogP contribution is -2.48. The van der Waals surface area contributed by atoms with Gasteiger partial charge in [0.1, 0.15) is 5.69 Å². The molecule has 2 aromatic heterocycles. The second kappa shape index (κ2) is 8.82. The molecule has 12 nitrogen and oxygen atoms in total. The van der Waals surface area contributed by atoms with Crippen LogP contribution in [0, 0.1) is 10.1 Å². The molecule has 0 saturated carbocycles. The number of carbonyl (C=O) groups excluding carboxylic acids is 1. The molecule has 0 radical (unpaired) electrons. The third kappa shape index (κ3) is 4.43. The van der Waals surface area contributed by atoms with Crippen molar-refractivity contribution in [3.63, 3.8) is 0 Å². The van der Waals surface area contributed by atoms with Crippen LogP contribution in [0.1, 0.15) is 10.6 Å². The topological polar surface area (TPSA) is 152 Å². The number of carbonyl (C=O) groups is 1. The fourth-order valence-corrected chi connectivity index (χ4v) is 5.74. The SMILES string of the molecule is O=C(Nc1nnc(S(=O)(=O)N2CCN(c3ccc(Cl)cc3[N+](=O)[O-])CC2)s1)c1ccco1. The normalized spacial score (nSPS) is 15.0. The minimum Gasteiger partial charge on any atom is -0.459 e. The van der Waals surface area contributed by atoms with Crippen molar-refractivity contribution in [3.05, 3.63) is 57.5 Å². The van der Waals surface area contributed by atoms with Crippen LogP contribution < -0.4 is 10.2 Å². The Labute approximate surface area is 190 Å². The average molecular weight is 499 g/mol. The fraction of sp³-hybridized carbons (Fsp3) is 0.235. The number of rotatable bonds is 6. The van der Waals surface area contributed by atoms with E-state index in [0.29, 0.717) is 5.69 Å². The van der Waals surface area contributed by atoms with E-state index in [2.05, 4.69) is 15.5 Å². The van der Waals surface area contributed by atoms with E-state index in [1.54, 1.807) is 23.1 Å². The molecule has 1 saturated heterocycles. The van der Waals surface area contributed by atoms with Gasteiger partial charge in [-0.3, -0.25) is 20.2 Å². The lowest BCUT2D eigenvalue weighted by Gasteiger charge is -2.34. The van der Waals surface area contributed by atoms with Gasteiger partial charge in [0, 0.05) is 37.3 Å². The first kappa shape index (κ1) is 22.1. The molecule has 0 aliphatic carbocycles. The Balaban J connectivity index is 1.44. The van der Waals surface area contributed by atoms with Crippen LogP contribution in [0.25, 0.3) is 0 Å². The zero-order chi connectivity index (χ0) is 22.9. The first-order valence-electron chi connectivity index (χ1n) is 9.13. The number of anilines is 2. The molecule has 1 aliphatic heterocycles. The standard InChI is InChI=1S/C17H15ClN6O6S2/c18-11-3-4-12(13(10-11)24(26)27)22-5-7-23(8-6-22)32(28,29)17-21-20-16(31-17)19-15(25)14-2-1-9-30-14/h1-4,9-10H,5-8H2,(H,19,20,25). The van der Waals surface area contributed by atoms with E-state index in [4.69, 9.17) is 16.0 Å². The average Bonchev–Trinajstić information content (AvgIpc) is 3.46. The summed E-state index contributed by atoms with van der Waals surface area (Å²) in [6.07, 6.45) is 1.34. The second-order valence-electron chi connectivity index (χ2n) is 6.59. The van der Waals surface area contributed by atoms with Gasteiger partial charge in [0.25, 0.3) is 21.6 Å². The molecule has 1 amide bonds. The molecule has 0 spiro atoms. The summed E-state index contributed by atoms with van der Waals surface area (Å²) in [6, 6.07) is 7.36. The highest BCUT2D eigenvalue weighted by Gasteiger charge is 2.33. The molecule has 1 aromatic carbocycles. The highest BCUT2D eigenvalue weighted by atomic mass is 35.5. The summed E-state index contributed by atoms with van der Waals surface area (Å²) in [5, 5.41) is 21.5. The number of nitro groups is 1. The van der Waals surface area contributed by atoms with Gasteiger partial charge in [-0.15, -0.1) is 10.2 Å². The number of hydrogen-bond donors (Lipinski definition) is 1. The Kier molecular flexibility index (Phi) is 6.10. The van der Waals surface area contributed by atoms with Crippen molar-refractivity contribution in [3.8, 4) is 0 Å². The molecular weight excluding hydrogens is 484 g/mol. The van der Waals surface area contributed by atoms with Crippen LogP contribution in [-0.2, 0) is 10.0 Å². The van der Waals surface area contributed by atoms with Crippen molar-refractivity contribution < 1.29 is 22.6 Å². The molecule has 0 atom stereocenters. The molecule has 4 rings (SSSR count). The van der Waals surface area contributed by atoms with Gasteiger partial charge in [0.2, 0.25) is 9.47 Å². The summed E-state index contributed by atoms with van der Waals surface area (Å²) < 4.78 is 31.8. The predicted octanol–water partition coefficient (Wildman–Crippen LogP) is 2.46. The highest BCUT2D eigenvalue weighted by molar-refractivity contribution is 7.91. The zero-order valence-electron chi connectivity index (χ0n) is 16.2. The molecule has 0 bridgehead atoms. The number of hydrogen-bond acceptors (Lipinski definition) is 10. The van der Waals surface area contributed by atoms with Crippen molar-refractivity contribution in [2.45, 2.75) is 4.34 Å². The number of aromatic nitrogens is 2. The molecule has 32 heavy (non-hydrogen) atoms. The van der Waals surface area contributed by atoms with Gasteiger partial charge in [-0.2, -0.15) is 4.31 Å². The van der Waals surface area contributed by atoms with Crippen molar-refractivity contribution in [1.29, 1.82) is 0 Å². The summed E-state index contributed by atoms with van der Waals surface area (Å²) in [5.74, 6) is -0.523. The lowest BCUT2D eigenvalue weighted by atomic mass is 10.2. The first-order valence-corrected chi connectivity index (χ1v) is 11.8. The molecular formula is C17H15ClN6O6S2. The zero-order valence-corrected chi connectivity index (χ0v) is 18.6. The Morgan fingerprint density at radius 3 is 2.62 bits per heavy atom. The summed E-state index contributed by atoms with van der Waals surface area (Å²) in [5.41, 5.74) is 0.227. The quantitative estimate of drug-likeness (QED) is 0.307. The third-order valence-electron chi connectivity index (χ3n) is 4.65. The maximum Gasteiger partial charge on any atom is 0.294 e. The predicted molar refractivity (Wildman–Crippen MR) is 116 cm³/mol. The molecule has 3 heterocycles. The Morgan fingerprint density at radius 1 is 1.22 bits per heavy atom. The molecule has 1 aliphatic rings. The summed E-state index contributed by atoms with van der Waals surface area (Å²) in [6.45, 7) is 0.663. The van der Waals surface area contributed by atoms with E-state index >= 15 is 0 Å². The minimum absolute atomic E-state index is 0.0143. The van der Waals surface area contributed by atoms with E-state index in [1.807, 2.05) is 0 Å². The van der Waals surface area contributed by atoms with Gasteiger partial charge in [-0.1, -0.05) is 22.9 Å². The number of halogens is 1. The number of sulfonamides is 1. The number of furan rings is 1. The van der Waals surface area contributed by atoms with E-state index in [0.717, 1.165) is 11.3 Å². The van der Waals surface area contributed by atoms with Crippen LogP contribution in [0.4, 0.5) is 16.5 Å². The van der Waals surface area contributed by atoms with Crippen molar-refractivity contribution in [2.75, 3.05) is 36.4 Å². The fourth-order valence-electron chi connectivity index (χ4n) is 3.12. The summed E-state index contributed by atoms with van der Waals surface area (Å²) >= 11 is 6.58. The third-order valence-corrected chi connectivity index (χ3v) is 7.96. The van der Waals surface area contributed by atoms with Crippen LogP contribution in [0.5, 0.6) is 0 Å². The largest absolute Gasteiger partial charge is 0.459 e. The second-order valence-corrected chi connectivity index (χ2v) is 10.1. The Morgan fingerprint density at radius 2 is 1.97 bits per heavy atom. The van der Waals surface area contributed by atoms with E-state index in [-0.39, 0.29) is 52.1 Å². The van der Waals surface area contributed by atoms with Gasteiger partial charge in [-0.25, -0.2) is 8.42 Å². The van der Waals surface area contributed by atoms with Gasteiger partial charge in [0.05, 0.1) is 11.2 Å². The van der Waals surface area contributed by atoms with Crippen LogP contribution >= 0.6 is 22.9 Å². The maximum atomic E-state index is 12.9. The lowest BCUT2D eigenvalue weighted by molar-refractivity contribution is -0.384. The first-order chi connectivity index (χ1) is 15.3. The molecule has 1 N–H and O–H groups in total. The van der Waals surface area contributed by atoms with Crippen molar-refractivity contribution >= 4 is 55.4 Å². The van der Waals surface area contributed by atoms with Gasteiger partial charge < -0.3 is 9.32 Å². The van der Waals surface area contributed by atoms with Crippen molar-refractivity contribution in [1.82, 2.24) is 14.5 Å². The molecule has 1 fully saturated rings. The number of piperazine rings is 1. The summed E-state index contributed by atoms with van der Waals surface area (Å²) in [7, 11) is -3.95. The van der Waals surface area contributed by atoms with Gasteiger partial charge in [-0.05, 0) is 24.3 Å². The minimum atomic E-state index is -3.95. The monoisotopic (exact) mass is 498 g/mol. The van der Waals surface area contributed by atoms with Crippen molar-refractivity contribution in [2.24, 2.45) is 0 Å². The molecule has 3 aromatic rings. The number of benzene rings is 1. The van der Waals surface area contributed by atoms with E-state index in [9.17, 15) is 23.3 Å². The van der Waals surface area contributed by atoms with Crippen LogP contribution in [0.15, 0.2) is 45.4 Å². The van der Waals surface area contributed by atoms with Gasteiger partial charge >= 0.3 is 0 Å². The number of nitro benzene ring substituents is 1. The molecule has 0 unspecified atom stereocenters. The van der Waals surface area contributed by atoms with Crippen LogP contribution in [0.3, 0.4) is 0 Å². The highest BCUT2D eigenvalue weighted by Crippen LogP contribution is 2.32. The van der Waals surface area contributed by atoms with Gasteiger partial charge in [0.15, 0.2) is 5.76 Å². The summed E-state index contributed by atoms with van der Waals surface area (Å²) in [4.78, 5) is 24.6. The number of nitrogens with zero attached hydrogens (tertiary/aromatic N) is 5. The maximum absolute atomic E-state index is 12.9. The number of nitrogens with one attached hydrogen (secondary N) is 1. The van der Waals surface area contributed by atoms with E-state index < -0.39 is 20.9 Å².